The van der Waals surface area contributed by atoms with Gasteiger partial charge in [0.15, 0.2) is 5.78 Å². The third-order valence-electron chi connectivity index (χ3n) is 2.69. The minimum Gasteiger partial charge on any atom is 0 e. The van der Waals surface area contributed by atoms with Crippen molar-refractivity contribution in [2.45, 2.75) is 19.6 Å². The van der Waals surface area contributed by atoms with Gasteiger partial charge in [0.05, 0.1) is 19.8 Å². The topological polar surface area (TPSA) is 112 Å². The zero-order valence-electron chi connectivity index (χ0n) is 15.8. The van der Waals surface area contributed by atoms with E-state index in [4.69, 9.17) is 18.7 Å². The summed E-state index contributed by atoms with van der Waals surface area (Å²) in [5.41, 5.74) is 1.09. The van der Waals surface area contributed by atoms with Crippen LogP contribution in [-0.2, 0) is 56.7 Å². The molecular weight excluding hydrogens is 420 g/mol. The molecule has 0 spiro atoms. The van der Waals surface area contributed by atoms with Crippen LogP contribution in [-0.4, -0.2) is 25.0 Å². The average molecular weight is 440 g/mol. The summed E-state index contributed by atoms with van der Waals surface area (Å²) in [6.07, 6.45) is 8.51. The van der Waals surface area contributed by atoms with Gasteiger partial charge in [-0.1, -0.05) is 48.6 Å². The van der Waals surface area contributed by atoms with Crippen molar-refractivity contribution in [3.05, 3.63) is 92.3 Å². The van der Waals surface area contributed by atoms with E-state index >= 15 is 0 Å². The summed E-state index contributed by atoms with van der Waals surface area (Å²) in [6.45, 7) is 15.9. The molecule has 0 saturated carbocycles. The van der Waals surface area contributed by atoms with Crippen LogP contribution in [0.5, 0.6) is 0 Å². The molecule has 29 heavy (non-hydrogen) atoms. The normalized spacial score (nSPS) is 10.1. The van der Waals surface area contributed by atoms with Crippen molar-refractivity contribution >= 4 is 11.8 Å². The molecule has 0 saturated heterocycles. The van der Waals surface area contributed by atoms with E-state index in [1.165, 1.54) is 37.5 Å². The smallest absolute Gasteiger partial charge is 0 e. The molecule has 0 unspecified atom stereocenters. The molecule has 7 nitrogen and oxygen atoms in total. The SMILES string of the molecule is COC(=O)/C=C/C=C/C(=O)/C=C/[C@H](C)OCc1ccccc1.[C-]#[O+].[C-]#[O+].[C-]#[O+].[Fe]. The molecule has 0 bridgehead atoms. The number of carbonyl (C=O) groups is 2. The van der Waals surface area contributed by atoms with E-state index in [2.05, 4.69) is 24.7 Å². The number of ketones is 1. The first kappa shape index (κ1) is 33.8. The van der Waals surface area contributed by atoms with Gasteiger partial charge in [0, 0.05) is 23.1 Å². The van der Waals surface area contributed by atoms with Gasteiger partial charge < -0.3 is 9.47 Å². The van der Waals surface area contributed by atoms with E-state index < -0.39 is 5.97 Å². The third kappa shape index (κ3) is 23.2. The average Bonchev–Trinajstić information content (AvgIpc) is 2.78. The Morgan fingerprint density at radius 3 is 2.00 bits per heavy atom. The van der Waals surface area contributed by atoms with Crippen molar-refractivity contribution in [1.29, 1.82) is 0 Å². The molecule has 1 atom stereocenters. The molecule has 0 fully saturated rings. The van der Waals surface area contributed by atoms with E-state index in [1.54, 1.807) is 6.08 Å². The van der Waals surface area contributed by atoms with Crippen molar-refractivity contribution in [3.8, 4) is 0 Å². The number of esters is 1. The Hall–Kier alpha value is -2.72. The fourth-order valence-corrected chi connectivity index (χ4v) is 1.50. The minimum atomic E-state index is -0.462. The molecular formula is C21H20FeO7. The predicted molar refractivity (Wildman–Crippen MR) is 96.9 cm³/mol. The molecule has 0 aliphatic rings. The van der Waals surface area contributed by atoms with Crippen LogP contribution < -0.4 is 0 Å². The van der Waals surface area contributed by atoms with E-state index in [0.29, 0.717) is 6.61 Å². The maximum Gasteiger partial charge on any atom is 0 e. The largest absolute Gasteiger partial charge is 0 e. The van der Waals surface area contributed by atoms with Crippen LogP contribution in [0.25, 0.3) is 0 Å². The third-order valence-corrected chi connectivity index (χ3v) is 2.69. The summed E-state index contributed by atoms with van der Waals surface area (Å²) in [6, 6.07) is 9.83. The van der Waals surface area contributed by atoms with Gasteiger partial charge in [0.25, 0.3) is 0 Å². The number of hydrogen-bond donors (Lipinski definition) is 0. The number of benzene rings is 1. The monoisotopic (exact) mass is 440 g/mol. The molecule has 8 heteroatoms. The first-order valence-corrected chi connectivity index (χ1v) is 7.53. The maximum atomic E-state index is 11.6. The maximum absolute atomic E-state index is 11.6. The summed E-state index contributed by atoms with van der Waals surface area (Å²) in [5, 5.41) is 0. The molecule has 0 N–H and O–H groups in total. The molecule has 0 amide bonds. The van der Waals surface area contributed by atoms with Crippen molar-refractivity contribution in [1.82, 2.24) is 0 Å². The van der Waals surface area contributed by atoms with Crippen LogP contribution >= 0.6 is 0 Å². The fraction of sp³-hybridized carbons (Fsp3) is 0.190. The van der Waals surface area contributed by atoms with Gasteiger partial charge in [-0.25, -0.2) is 4.79 Å². The van der Waals surface area contributed by atoms with Crippen LogP contribution in [0.4, 0.5) is 0 Å². The number of carbonyl (C=O) groups excluding carboxylic acids is 2. The van der Waals surface area contributed by atoms with Gasteiger partial charge in [-0.05, 0) is 24.6 Å². The molecule has 1 aromatic rings. The summed E-state index contributed by atoms with van der Waals surface area (Å²) in [5.74, 6) is -0.639. The van der Waals surface area contributed by atoms with Crippen LogP contribution in [0.2, 0.25) is 0 Å². The minimum absolute atomic E-state index is 0. The van der Waals surface area contributed by atoms with Gasteiger partial charge in [0.2, 0.25) is 0 Å². The van der Waals surface area contributed by atoms with Gasteiger partial charge in [-0.2, -0.15) is 0 Å². The molecule has 0 aromatic heterocycles. The van der Waals surface area contributed by atoms with Crippen LogP contribution in [0.15, 0.2) is 66.8 Å². The number of hydrogen-bond acceptors (Lipinski definition) is 4. The van der Waals surface area contributed by atoms with Gasteiger partial charge >= 0.3 is 39.9 Å². The first-order valence-electron chi connectivity index (χ1n) is 7.53. The van der Waals surface area contributed by atoms with Gasteiger partial charge in [-0.15, -0.1) is 0 Å². The zero-order chi connectivity index (χ0) is 22.2. The summed E-state index contributed by atoms with van der Waals surface area (Å²) >= 11 is 0. The van der Waals surface area contributed by atoms with Crippen molar-refractivity contribution in [2.75, 3.05) is 7.11 Å². The molecule has 0 radical (unpaired) electrons. The standard InChI is InChI=1S/C18H20O4.3CO.Fe/c1-15(22-14-16-8-4-3-5-9-16)12-13-17(19)10-6-7-11-18(20)21-2;3*1-2;/h3-13,15H,14H2,1-2H3;;;;/b10-6+,11-7+,13-12+;;;;/t15-;;;;/m0..../s1. The summed E-state index contributed by atoms with van der Waals surface area (Å²) in [7, 11) is 1.29. The van der Waals surface area contributed by atoms with Gasteiger partial charge in [-0.3, -0.25) is 4.79 Å². The molecule has 1 aromatic carbocycles. The van der Waals surface area contributed by atoms with E-state index in [0.717, 1.165) is 5.56 Å². The number of allylic oxidation sites excluding steroid dienone is 4. The Kier molecular flexibility index (Phi) is 32.1. The fourth-order valence-electron chi connectivity index (χ4n) is 1.50. The molecule has 0 aliphatic carbocycles. The van der Waals surface area contributed by atoms with Crippen LogP contribution in [0, 0.1) is 20.0 Å². The van der Waals surface area contributed by atoms with E-state index in [1.807, 2.05) is 37.3 Å². The second kappa shape index (κ2) is 27.5. The van der Waals surface area contributed by atoms with Crippen molar-refractivity contribution in [2.24, 2.45) is 0 Å². The number of rotatable bonds is 8. The summed E-state index contributed by atoms with van der Waals surface area (Å²) < 4.78 is 32.5. The molecule has 154 valence electrons. The van der Waals surface area contributed by atoms with E-state index in [9.17, 15) is 9.59 Å². The second-order valence-electron chi connectivity index (χ2n) is 4.50. The second-order valence-corrected chi connectivity index (χ2v) is 4.50. The number of ether oxygens (including phenoxy) is 2. The van der Waals surface area contributed by atoms with Crippen molar-refractivity contribution in [3.63, 3.8) is 0 Å². The first-order chi connectivity index (χ1) is 13.6. The number of methoxy groups -OCH3 is 1. The Morgan fingerprint density at radius 2 is 1.48 bits per heavy atom. The van der Waals surface area contributed by atoms with Crippen LogP contribution in [0.3, 0.4) is 0 Å². The molecule has 0 heterocycles. The Bertz CT molecular complexity index is 672. The van der Waals surface area contributed by atoms with Gasteiger partial charge in [0.1, 0.15) is 0 Å². The summed E-state index contributed by atoms with van der Waals surface area (Å²) in [4.78, 5) is 22.4. The van der Waals surface area contributed by atoms with Crippen LogP contribution in [0.1, 0.15) is 12.5 Å². The van der Waals surface area contributed by atoms with Crippen molar-refractivity contribution < 1.29 is 50.1 Å². The zero-order valence-corrected chi connectivity index (χ0v) is 17.0. The Morgan fingerprint density at radius 1 is 0.966 bits per heavy atom. The quantitative estimate of drug-likeness (QED) is 0.155. The Balaban J connectivity index is -0.000000407. The predicted octanol–water partition coefficient (Wildman–Crippen LogP) is 2.89. The Labute approximate surface area is 181 Å². The van der Waals surface area contributed by atoms with E-state index in [-0.39, 0.29) is 29.0 Å². The molecule has 0 aliphatic heterocycles. The molecule has 1 rings (SSSR count).